The molecule has 0 rings (SSSR count). The monoisotopic (exact) mass is 318 g/mol. The Balaban J connectivity index is 5.40. The minimum Gasteiger partial charge on any atom is -0.260 e. The van der Waals surface area contributed by atoms with Gasteiger partial charge in [0.2, 0.25) is 0 Å². The normalized spacial score (nSPS) is 13.2. The summed E-state index contributed by atoms with van der Waals surface area (Å²) in [5.74, 6) is -9.30. The van der Waals surface area contributed by atoms with Crippen LogP contribution in [0.4, 0.5) is 8.78 Å². The van der Waals surface area contributed by atoms with E-state index < -0.39 is 44.2 Å². The molecule has 0 aromatic carbocycles. The Hall–Kier alpha value is -2.98. The maximum atomic E-state index is 13.5. The fourth-order valence-electron chi connectivity index (χ4n) is 0.923. The lowest BCUT2D eigenvalue weighted by atomic mass is 10.3. The van der Waals surface area contributed by atoms with Crippen molar-refractivity contribution < 1.29 is 28.5 Å². The van der Waals surface area contributed by atoms with Gasteiger partial charge in [-0.1, -0.05) is 8.78 Å². The van der Waals surface area contributed by atoms with E-state index in [1.165, 1.54) is 0 Å². The Bertz CT molecular complexity index is 469. The van der Waals surface area contributed by atoms with Crippen LogP contribution in [0.25, 0.3) is 0 Å². The lowest BCUT2D eigenvalue weighted by molar-refractivity contribution is -0.838. The van der Waals surface area contributed by atoms with Crippen LogP contribution in [-0.2, 0) is 0 Å². The number of alkyl halides is 2. The predicted molar refractivity (Wildman–Crippen MR) is 53.2 cm³/mol. The van der Waals surface area contributed by atoms with Crippen molar-refractivity contribution in [2.45, 2.75) is 18.0 Å². The molecule has 0 aliphatic carbocycles. The van der Waals surface area contributed by atoms with E-state index in [9.17, 15) is 54.1 Å². The summed E-state index contributed by atoms with van der Waals surface area (Å²) in [4.78, 5) is 42.4. The van der Waals surface area contributed by atoms with Gasteiger partial charge in [0.1, 0.15) is 19.7 Å². The van der Waals surface area contributed by atoms with E-state index in [-0.39, 0.29) is 0 Å². The third-order valence-electron chi connectivity index (χ3n) is 2.05. The number of nitrogens with one attached hydrogen (secondary N) is 1. The Morgan fingerprint density at radius 3 is 1.57 bits per heavy atom. The third-order valence-corrected chi connectivity index (χ3v) is 2.05. The molecular formula is C4H4F2N6O9. The van der Waals surface area contributed by atoms with Crippen molar-refractivity contribution in [2.24, 2.45) is 5.18 Å². The number of hydrogen-bond acceptors (Lipinski definition) is 11. The van der Waals surface area contributed by atoms with Gasteiger partial charge in [-0.3, -0.25) is 45.8 Å². The van der Waals surface area contributed by atoms with Crippen molar-refractivity contribution in [3.63, 3.8) is 0 Å². The molecule has 15 nitrogen and oxygen atoms in total. The molecule has 0 bridgehead atoms. The number of halogens is 2. The first-order chi connectivity index (χ1) is 9.44. The van der Waals surface area contributed by atoms with Crippen LogP contribution in [0, 0.1) is 45.4 Å². The van der Waals surface area contributed by atoms with Crippen LogP contribution in [0.2, 0.25) is 0 Å². The van der Waals surface area contributed by atoms with Crippen LogP contribution < -0.4 is 5.32 Å². The summed E-state index contributed by atoms with van der Waals surface area (Å²) in [6.45, 7) is -2.09. The standard InChI is InChI=1S/C4H4F2N6O9/c5-3(9(14)15,10(16)17)1-7-2(8-13)4(6,11(18)19)12(20)21/h2,7H,1H2. The molecule has 1 unspecified atom stereocenters. The molecule has 1 N–H and O–H groups in total. The van der Waals surface area contributed by atoms with Crippen LogP contribution in [0.3, 0.4) is 0 Å². The van der Waals surface area contributed by atoms with Crippen molar-refractivity contribution in [2.75, 3.05) is 6.54 Å². The molecule has 0 radical (unpaired) electrons. The molecule has 0 aromatic rings. The molecule has 0 aliphatic rings. The van der Waals surface area contributed by atoms with Gasteiger partial charge in [0, 0.05) is 0 Å². The molecule has 0 aliphatic heterocycles. The van der Waals surface area contributed by atoms with Gasteiger partial charge in [0.15, 0.2) is 6.54 Å². The quantitative estimate of drug-likeness (QED) is 0.180. The van der Waals surface area contributed by atoms with Gasteiger partial charge in [-0.05, 0) is 5.18 Å². The van der Waals surface area contributed by atoms with E-state index >= 15 is 0 Å². The van der Waals surface area contributed by atoms with Crippen LogP contribution in [0.15, 0.2) is 5.18 Å². The van der Waals surface area contributed by atoms with Gasteiger partial charge in [-0.2, -0.15) is 0 Å². The highest BCUT2D eigenvalue weighted by molar-refractivity contribution is 4.74. The Kier molecular flexibility index (Phi) is 5.13. The molecule has 21 heavy (non-hydrogen) atoms. The van der Waals surface area contributed by atoms with E-state index in [2.05, 4.69) is 0 Å². The first-order valence-electron chi connectivity index (χ1n) is 4.46. The minimum absolute atomic E-state index is 0.980. The van der Waals surface area contributed by atoms with Gasteiger partial charge < -0.3 is 0 Å². The number of hydrogen-bond donors (Lipinski definition) is 1. The lowest BCUT2D eigenvalue weighted by Crippen LogP contribution is -2.60. The fourth-order valence-corrected chi connectivity index (χ4v) is 0.923. The van der Waals surface area contributed by atoms with E-state index in [0.717, 1.165) is 5.32 Å². The molecule has 0 aromatic heterocycles. The summed E-state index contributed by atoms with van der Waals surface area (Å²) in [6, 6.07) is 0. The van der Waals surface area contributed by atoms with Gasteiger partial charge in [-0.15, -0.1) is 4.91 Å². The van der Waals surface area contributed by atoms with Gasteiger partial charge >= 0.3 is 18.0 Å². The molecule has 0 spiro atoms. The Morgan fingerprint density at radius 2 is 1.33 bits per heavy atom. The van der Waals surface area contributed by atoms with E-state index in [0.29, 0.717) is 0 Å². The summed E-state index contributed by atoms with van der Waals surface area (Å²) in [7, 11) is 0. The summed E-state index contributed by atoms with van der Waals surface area (Å²) in [5, 5.41) is 43.4. The first kappa shape index (κ1) is 18.0. The Morgan fingerprint density at radius 1 is 0.952 bits per heavy atom. The van der Waals surface area contributed by atoms with Crippen molar-refractivity contribution in [1.29, 1.82) is 0 Å². The Labute approximate surface area is 110 Å². The zero-order valence-corrected chi connectivity index (χ0v) is 9.45. The lowest BCUT2D eigenvalue weighted by Gasteiger charge is -2.15. The SMILES string of the molecule is O=NC(NCC(F)([N+](=O)[O-])[N+](=O)[O-])C(F)([N+](=O)[O-])[N+](=O)[O-]. The summed E-state index contributed by atoms with van der Waals surface area (Å²) in [6.07, 6.45) is -3.25. The van der Waals surface area contributed by atoms with Crippen LogP contribution >= 0.6 is 0 Å². The molecule has 0 fully saturated rings. The maximum absolute atomic E-state index is 13.5. The maximum Gasteiger partial charge on any atom is 0.654 e. The van der Waals surface area contributed by atoms with E-state index in [1.807, 2.05) is 0 Å². The van der Waals surface area contributed by atoms with Crippen molar-refractivity contribution in [1.82, 2.24) is 5.32 Å². The van der Waals surface area contributed by atoms with Crippen LogP contribution in [-0.4, -0.2) is 44.2 Å². The van der Waals surface area contributed by atoms with Crippen LogP contribution in [0.5, 0.6) is 0 Å². The van der Waals surface area contributed by atoms with Crippen molar-refractivity contribution >= 4 is 0 Å². The number of nitrogens with zero attached hydrogens (tertiary/aromatic N) is 5. The molecule has 17 heteroatoms. The number of nitro groups is 4. The first-order valence-corrected chi connectivity index (χ1v) is 4.46. The van der Waals surface area contributed by atoms with Crippen LogP contribution in [0.1, 0.15) is 0 Å². The van der Waals surface area contributed by atoms with E-state index in [4.69, 9.17) is 0 Å². The molecule has 0 amide bonds. The molecule has 0 saturated carbocycles. The summed E-state index contributed by atoms with van der Waals surface area (Å²) in [5.41, 5.74) is 0. The summed E-state index contributed by atoms with van der Waals surface area (Å²) < 4.78 is 26.7. The topological polar surface area (TPSA) is 214 Å². The van der Waals surface area contributed by atoms with Crippen molar-refractivity contribution in [3.05, 3.63) is 45.4 Å². The fraction of sp³-hybridized carbons (Fsp3) is 1.00. The number of nitroso groups, excluding NO2 is 1. The highest BCUT2D eigenvalue weighted by atomic mass is 19.2. The van der Waals surface area contributed by atoms with Gasteiger partial charge in [-0.25, -0.2) is 0 Å². The smallest absolute Gasteiger partial charge is 0.260 e. The zero-order chi connectivity index (χ0) is 17.0. The van der Waals surface area contributed by atoms with Gasteiger partial charge in [0.25, 0.3) is 0 Å². The number of rotatable bonds is 9. The molecule has 1 atom stereocenters. The summed E-state index contributed by atoms with van der Waals surface area (Å²) >= 11 is 0. The average molecular weight is 318 g/mol. The predicted octanol–water partition coefficient (Wildman–Crippen LogP) is -0.978. The molecule has 0 heterocycles. The van der Waals surface area contributed by atoms with Crippen molar-refractivity contribution in [3.8, 4) is 0 Å². The highest BCUT2D eigenvalue weighted by Gasteiger charge is 2.69. The van der Waals surface area contributed by atoms with E-state index in [1.54, 1.807) is 5.18 Å². The minimum atomic E-state index is -4.80. The second-order valence-corrected chi connectivity index (χ2v) is 3.27. The second-order valence-electron chi connectivity index (χ2n) is 3.27. The average Bonchev–Trinajstić information content (AvgIpc) is 2.37. The zero-order valence-electron chi connectivity index (χ0n) is 9.45. The highest BCUT2D eigenvalue weighted by Crippen LogP contribution is 2.21. The third kappa shape index (κ3) is 3.13. The second kappa shape index (κ2) is 5.98. The molecule has 118 valence electrons. The molecular weight excluding hydrogens is 314 g/mol. The largest absolute Gasteiger partial charge is 0.654 e. The molecule has 0 saturated heterocycles. The van der Waals surface area contributed by atoms with Gasteiger partial charge in [0.05, 0.1) is 0 Å².